The minimum Gasteiger partial charge on any atom is -0.394 e. The third-order valence-electron chi connectivity index (χ3n) is 1.16. The van der Waals surface area contributed by atoms with Gasteiger partial charge < -0.3 is 20.4 Å². The Balaban J connectivity index is 3.69. The second-order valence-electron chi connectivity index (χ2n) is 1.99. The van der Waals surface area contributed by atoms with Gasteiger partial charge in [-0.3, -0.25) is 0 Å². The maximum atomic E-state index is 8.88. The lowest BCUT2D eigenvalue weighted by atomic mass is 10.1. The molecule has 0 radical (unpaired) electrons. The first kappa shape index (κ1) is 10.2. The van der Waals surface area contributed by atoms with E-state index in [1.807, 2.05) is 0 Å². The fraction of sp³-hybridized carbons (Fsp3) is 1.00. The summed E-state index contributed by atoms with van der Waals surface area (Å²) in [5, 5.41) is 34.7. The molecular weight excluding hydrogens is 156 g/mol. The third-order valence-corrected chi connectivity index (χ3v) is 1.54. The predicted octanol–water partition coefficient (Wildman–Crippen LogP) is -2.01. The molecule has 0 aliphatic carbocycles. The number of hydrogen-bond acceptors (Lipinski definition) is 5. The molecule has 4 nitrogen and oxygen atoms in total. The zero-order valence-electron chi connectivity index (χ0n) is 5.38. The van der Waals surface area contributed by atoms with Gasteiger partial charge in [-0.1, -0.05) is 0 Å². The molecule has 0 bridgehead atoms. The number of rotatable bonds is 4. The highest BCUT2D eigenvalue weighted by atomic mass is 32.1. The average Bonchev–Trinajstić information content (AvgIpc) is 2.00. The summed E-state index contributed by atoms with van der Waals surface area (Å²) in [6.07, 6.45) is -3.70. The highest BCUT2D eigenvalue weighted by molar-refractivity contribution is 7.80. The van der Waals surface area contributed by atoms with E-state index >= 15 is 0 Å². The maximum absolute atomic E-state index is 8.88. The van der Waals surface area contributed by atoms with Crippen molar-refractivity contribution in [1.29, 1.82) is 0 Å². The molecule has 0 unspecified atom stereocenters. The van der Waals surface area contributed by atoms with Crippen LogP contribution < -0.4 is 0 Å². The minimum atomic E-state index is -1.32. The largest absolute Gasteiger partial charge is 0.394 e. The minimum absolute atomic E-state index is 0.0538. The first-order valence-corrected chi connectivity index (χ1v) is 3.52. The van der Waals surface area contributed by atoms with Crippen molar-refractivity contribution < 1.29 is 20.4 Å². The first-order chi connectivity index (χ1) is 4.63. The normalized spacial score (nSPS) is 20.1. The lowest BCUT2D eigenvalue weighted by molar-refractivity contribution is -0.0682. The van der Waals surface area contributed by atoms with Gasteiger partial charge in [-0.15, -0.1) is 0 Å². The molecule has 0 aliphatic heterocycles. The predicted molar refractivity (Wildman–Crippen MR) is 39.0 cm³/mol. The van der Waals surface area contributed by atoms with Crippen LogP contribution in [0.25, 0.3) is 0 Å². The van der Waals surface area contributed by atoms with Crippen LogP contribution in [0.5, 0.6) is 0 Å². The molecule has 0 aromatic rings. The van der Waals surface area contributed by atoms with Gasteiger partial charge in [0, 0.05) is 5.75 Å². The van der Waals surface area contributed by atoms with Gasteiger partial charge in [-0.2, -0.15) is 12.6 Å². The van der Waals surface area contributed by atoms with Crippen LogP contribution in [0, 0.1) is 0 Å². The van der Waals surface area contributed by atoms with Crippen molar-refractivity contribution in [3.05, 3.63) is 0 Å². The number of aliphatic hydroxyl groups is 4. The Bertz CT molecular complexity index is 79.7. The van der Waals surface area contributed by atoms with Gasteiger partial charge in [0.05, 0.1) is 12.7 Å². The molecule has 3 atom stereocenters. The zero-order chi connectivity index (χ0) is 8.15. The molecule has 5 heteroatoms. The SMILES string of the molecule is OC[C@@H](O)[C@H](O)[C@H](O)CS. The highest BCUT2D eigenvalue weighted by Crippen LogP contribution is 2.00. The van der Waals surface area contributed by atoms with Crippen molar-refractivity contribution in [2.75, 3.05) is 12.4 Å². The van der Waals surface area contributed by atoms with Crippen molar-refractivity contribution in [3.8, 4) is 0 Å². The molecule has 0 amide bonds. The second-order valence-corrected chi connectivity index (χ2v) is 2.36. The molecule has 0 fully saturated rings. The molecule has 0 aromatic heterocycles. The lowest BCUT2D eigenvalue weighted by Crippen LogP contribution is -2.40. The Morgan fingerprint density at radius 3 is 1.90 bits per heavy atom. The lowest BCUT2D eigenvalue weighted by Gasteiger charge is -2.19. The summed E-state index contributed by atoms with van der Waals surface area (Å²) in [5.74, 6) is 0.0538. The van der Waals surface area contributed by atoms with Crippen molar-refractivity contribution in [2.24, 2.45) is 0 Å². The van der Waals surface area contributed by atoms with E-state index in [-0.39, 0.29) is 5.75 Å². The fourth-order valence-electron chi connectivity index (χ4n) is 0.472. The van der Waals surface area contributed by atoms with Gasteiger partial charge >= 0.3 is 0 Å². The van der Waals surface area contributed by atoms with Crippen molar-refractivity contribution >= 4 is 12.6 Å². The highest BCUT2D eigenvalue weighted by Gasteiger charge is 2.22. The van der Waals surface area contributed by atoms with Crippen LogP contribution in [0.1, 0.15) is 0 Å². The van der Waals surface area contributed by atoms with Gasteiger partial charge in [0.15, 0.2) is 0 Å². The van der Waals surface area contributed by atoms with Gasteiger partial charge in [0.25, 0.3) is 0 Å². The Kier molecular flexibility index (Phi) is 5.02. The van der Waals surface area contributed by atoms with Crippen LogP contribution in [0.15, 0.2) is 0 Å². The van der Waals surface area contributed by atoms with Crippen LogP contribution in [0.4, 0.5) is 0 Å². The topological polar surface area (TPSA) is 80.9 Å². The average molecular weight is 168 g/mol. The van der Waals surface area contributed by atoms with E-state index in [0.717, 1.165) is 0 Å². The third kappa shape index (κ3) is 2.85. The van der Waals surface area contributed by atoms with E-state index in [9.17, 15) is 0 Å². The van der Waals surface area contributed by atoms with Crippen LogP contribution >= 0.6 is 12.6 Å². The van der Waals surface area contributed by atoms with Gasteiger partial charge in [0.2, 0.25) is 0 Å². The Labute approximate surface area is 64.5 Å². The van der Waals surface area contributed by atoms with Crippen LogP contribution in [-0.4, -0.2) is 51.1 Å². The van der Waals surface area contributed by atoms with Crippen molar-refractivity contribution in [2.45, 2.75) is 18.3 Å². The number of thiol groups is 1. The summed E-state index contributed by atoms with van der Waals surface area (Å²) in [4.78, 5) is 0. The Morgan fingerprint density at radius 2 is 1.60 bits per heavy atom. The fourth-order valence-corrected chi connectivity index (χ4v) is 0.688. The summed E-state index contributed by atoms with van der Waals surface area (Å²) in [6.45, 7) is -0.563. The number of aliphatic hydroxyl groups excluding tert-OH is 4. The van der Waals surface area contributed by atoms with Crippen LogP contribution in [-0.2, 0) is 0 Å². The molecule has 62 valence electrons. The van der Waals surface area contributed by atoms with E-state index in [1.165, 1.54) is 0 Å². The van der Waals surface area contributed by atoms with E-state index in [2.05, 4.69) is 12.6 Å². The quantitative estimate of drug-likeness (QED) is 0.314. The molecule has 0 spiro atoms. The molecule has 10 heavy (non-hydrogen) atoms. The van der Waals surface area contributed by atoms with Gasteiger partial charge in [-0.05, 0) is 0 Å². The maximum Gasteiger partial charge on any atom is 0.109 e. The summed E-state index contributed by atoms with van der Waals surface area (Å²) in [5.41, 5.74) is 0. The molecule has 0 heterocycles. The smallest absolute Gasteiger partial charge is 0.109 e. The van der Waals surface area contributed by atoms with E-state index in [4.69, 9.17) is 20.4 Å². The summed E-state index contributed by atoms with van der Waals surface area (Å²) in [7, 11) is 0. The van der Waals surface area contributed by atoms with E-state index in [0.29, 0.717) is 0 Å². The number of hydrogen-bond donors (Lipinski definition) is 5. The Hall–Kier alpha value is 0.190. The van der Waals surface area contributed by atoms with Crippen molar-refractivity contribution in [3.63, 3.8) is 0 Å². The monoisotopic (exact) mass is 168 g/mol. The summed E-state index contributed by atoms with van der Waals surface area (Å²) >= 11 is 3.69. The molecule has 0 aliphatic rings. The Morgan fingerprint density at radius 1 is 1.10 bits per heavy atom. The van der Waals surface area contributed by atoms with E-state index in [1.54, 1.807) is 0 Å². The van der Waals surface area contributed by atoms with Crippen molar-refractivity contribution in [1.82, 2.24) is 0 Å². The zero-order valence-corrected chi connectivity index (χ0v) is 6.28. The molecule has 0 saturated carbocycles. The van der Waals surface area contributed by atoms with Crippen LogP contribution in [0.3, 0.4) is 0 Å². The van der Waals surface area contributed by atoms with Gasteiger partial charge in [-0.25, -0.2) is 0 Å². The standard InChI is InChI=1S/C5H12O4S/c6-1-3(7)5(9)4(8)2-10/h3-10H,1-2H2/t3-,4-,5+/m1/s1. The molecule has 0 aromatic carbocycles. The summed E-state index contributed by atoms with van der Waals surface area (Å²) in [6, 6.07) is 0. The molecule has 0 saturated heterocycles. The summed E-state index contributed by atoms with van der Waals surface area (Å²) < 4.78 is 0. The first-order valence-electron chi connectivity index (χ1n) is 2.89. The van der Waals surface area contributed by atoms with Gasteiger partial charge in [0.1, 0.15) is 12.2 Å². The molecule has 4 N–H and O–H groups in total. The molecule has 0 rings (SSSR count). The second kappa shape index (κ2) is 4.92. The molecular formula is C5H12O4S. The van der Waals surface area contributed by atoms with E-state index < -0.39 is 24.9 Å². The van der Waals surface area contributed by atoms with Crippen LogP contribution in [0.2, 0.25) is 0 Å².